The van der Waals surface area contributed by atoms with Crippen molar-refractivity contribution < 1.29 is 37.9 Å². The highest BCUT2D eigenvalue weighted by Gasteiger charge is 2.22. The smallest absolute Gasteiger partial charge is 0.462 e. The van der Waals surface area contributed by atoms with E-state index in [4.69, 9.17) is 19.3 Å². The first-order valence-electron chi connectivity index (χ1n) is 18.1. The summed E-state index contributed by atoms with van der Waals surface area (Å²) in [4.78, 5) is 42.6. The van der Waals surface area contributed by atoms with Crippen LogP contribution in [0.2, 0.25) is 0 Å². The van der Waals surface area contributed by atoms with Crippen molar-refractivity contribution in [3.05, 3.63) is 60.8 Å². The van der Waals surface area contributed by atoms with Crippen LogP contribution in [0, 0.1) is 0 Å². The first-order valence-corrected chi connectivity index (χ1v) is 19.7. The van der Waals surface area contributed by atoms with E-state index in [0.29, 0.717) is 19.3 Å². The molecular weight excluding hydrogens is 615 g/mol. The van der Waals surface area contributed by atoms with E-state index in [1.54, 1.807) is 0 Å². The molecule has 0 aliphatic heterocycles. The van der Waals surface area contributed by atoms with Crippen LogP contribution < -0.4 is 0 Å². The Morgan fingerprint density at radius 2 is 1.02 bits per heavy atom. The van der Waals surface area contributed by atoms with Crippen molar-refractivity contribution in [2.45, 2.75) is 155 Å². The number of esters is 2. The summed E-state index contributed by atoms with van der Waals surface area (Å²) < 4.78 is 26.2. The molecule has 1 atom stereocenters. The second-order valence-corrected chi connectivity index (χ2v) is 13.2. The summed E-state index contributed by atoms with van der Waals surface area (Å²) in [5.74, 6) is -0.973. The molecule has 1 unspecified atom stereocenters. The van der Waals surface area contributed by atoms with Crippen LogP contribution in [0.4, 0.5) is 0 Å². The van der Waals surface area contributed by atoms with Crippen molar-refractivity contribution in [1.29, 1.82) is 0 Å². The number of carbonyl (C=O) groups excluding carboxylic acids is 2. The number of allylic oxidation sites excluding steroid dienone is 10. The zero-order valence-electron chi connectivity index (χ0n) is 29.4. The third-order valence-corrected chi connectivity index (χ3v) is 7.91. The van der Waals surface area contributed by atoms with Gasteiger partial charge in [-0.2, -0.15) is 0 Å². The summed E-state index contributed by atoms with van der Waals surface area (Å²) in [6.45, 7) is 3.46. The number of ether oxygens (including phenoxy) is 2. The van der Waals surface area contributed by atoms with Gasteiger partial charge in [-0.15, -0.1) is 0 Å². The number of phosphoric acid groups is 1. The van der Waals surface area contributed by atoms with Crippen molar-refractivity contribution in [1.82, 2.24) is 0 Å². The molecule has 47 heavy (non-hydrogen) atoms. The van der Waals surface area contributed by atoms with E-state index in [2.05, 4.69) is 24.4 Å². The Labute approximate surface area is 286 Å². The van der Waals surface area contributed by atoms with Gasteiger partial charge in [-0.25, -0.2) is 4.57 Å². The molecule has 8 nitrogen and oxygen atoms in total. The Morgan fingerprint density at radius 1 is 0.574 bits per heavy atom. The Kier molecular flexibility index (Phi) is 32.0. The summed E-state index contributed by atoms with van der Waals surface area (Å²) in [5, 5.41) is 0. The van der Waals surface area contributed by atoms with Crippen molar-refractivity contribution in [3.63, 3.8) is 0 Å². The maximum absolute atomic E-state index is 12.3. The molecule has 0 radical (unpaired) electrons. The average molecular weight is 681 g/mol. The van der Waals surface area contributed by atoms with Gasteiger partial charge in [0.15, 0.2) is 6.10 Å². The van der Waals surface area contributed by atoms with Gasteiger partial charge >= 0.3 is 19.8 Å². The zero-order chi connectivity index (χ0) is 34.7. The molecule has 0 spiro atoms. The molecule has 0 amide bonds. The van der Waals surface area contributed by atoms with Crippen LogP contribution in [-0.4, -0.2) is 41.0 Å². The van der Waals surface area contributed by atoms with Gasteiger partial charge in [0, 0.05) is 12.8 Å². The molecule has 0 aromatic rings. The molecule has 2 N–H and O–H groups in total. The maximum atomic E-state index is 12.3. The third-order valence-electron chi connectivity index (χ3n) is 7.43. The lowest BCUT2D eigenvalue weighted by Gasteiger charge is -2.18. The third kappa shape index (κ3) is 36.4. The Hall–Kier alpha value is -2.25. The highest BCUT2D eigenvalue weighted by Crippen LogP contribution is 2.35. The highest BCUT2D eigenvalue weighted by molar-refractivity contribution is 7.46. The topological polar surface area (TPSA) is 119 Å². The molecule has 0 aromatic carbocycles. The second-order valence-electron chi connectivity index (χ2n) is 11.9. The van der Waals surface area contributed by atoms with Gasteiger partial charge in [0.1, 0.15) is 6.61 Å². The van der Waals surface area contributed by atoms with Gasteiger partial charge in [0.25, 0.3) is 0 Å². The SMILES string of the molecule is CC/C=C/C=C/C=C/C=C/C=C/CCCC(=O)OC(COC(=O)CCCCCCCCCCCCCCCCCC)COP(=O)(O)O. The molecule has 0 heterocycles. The summed E-state index contributed by atoms with van der Waals surface area (Å²) in [7, 11) is -4.77. The fourth-order valence-corrected chi connectivity index (χ4v) is 5.12. The van der Waals surface area contributed by atoms with Crippen molar-refractivity contribution in [2.75, 3.05) is 13.2 Å². The summed E-state index contributed by atoms with van der Waals surface area (Å²) in [6.07, 6.45) is 41.0. The number of unbranched alkanes of at least 4 members (excludes halogenated alkanes) is 16. The molecule has 0 saturated carbocycles. The minimum Gasteiger partial charge on any atom is -0.462 e. The number of rotatable bonds is 32. The summed E-state index contributed by atoms with van der Waals surface area (Å²) in [5.41, 5.74) is 0. The van der Waals surface area contributed by atoms with Gasteiger partial charge in [0.05, 0.1) is 6.61 Å². The van der Waals surface area contributed by atoms with E-state index in [9.17, 15) is 14.2 Å². The number of carbonyl (C=O) groups is 2. The van der Waals surface area contributed by atoms with Crippen molar-refractivity contribution in [3.8, 4) is 0 Å². The molecule has 0 fully saturated rings. The molecule has 0 aliphatic rings. The van der Waals surface area contributed by atoms with Gasteiger partial charge in [0.2, 0.25) is 0 Å². The Balaban J connectivity index is 4.07. The Bertz CT molecular complexity index is 947. The lowest BCUT2D eigenvalue weighted by Crippen LogP contribution is -2.29. The fourth-order valence-electron chi connectivity index (χ4n) is 4.76. The van der Waals surface area contributed by atoms with Crippen LogP contribution >= 0.6 is 7.82 Å². The maximum Gasteiger partial charge on any atom is 0.469 e. The lowest BCUT2D eigenvalue weighted by molar-refractivity contribution is -0.161. The monoisotopic (exact) mass is 680 g/mol. The van der Waals surface area contributed by atoms with Crippen molar-refractivity contribution >= 4 is 19.8 Å². The Morgan fingerprint density at radius 3 is 1.51 bits per heavy atom. The molecule has 0 aliphatic carbocycles. The van der Waals surface area contributed by atoms with Crippen LogP contribution in [0.3, 0.4) is 0 Å². The molecular formula is C38H65O8P. The minimum atomic E-state index is -4.77. The van der Waals surface area contributed by atoms with E-state index >= 15 is 0 Å². The van der Waals surface area contributed by atoms with Gasteiger partial charge in [-0.05, 0) is 25.7 Å². The molecule has 0 rings (SSSR count). The summed E-state index contributed by atoms with van der Waals surface area (Å²) >= 11 is 0. The largest absolute Gasteiger partial charge is 0.469 e. The van der Waals surface area contributed by atoms with E-state index in [-0.39, 0.29) is 19.4 Å². The fraction of sp³-hybridized carbons (Fsp3) is 0.684. The highest BCUT2D eigenvalue weighted by atomic mass is 31.2. The van der Waals surface area contributed by atoms with Crippen LogP contribution in [0.25, 0.3) is 0 Å². The minimum absolute atomic E-state index is 0.115. The van der Waals surface area contributed by atoms with Crippen LogP contribution in [0.15, 0.2) is 60.8 Å². The van der Waals surface area contributed by atoms with Gasteiger partial charge in [-0.1, -0.05) is 171 Å². The molecule has 0 bridgehead atoms. The first kappa shape index (κ1) is 44.8. The number of hydrogen-bond acceptors (Lipinski definition) is 6. The summed E-state index contributed by atoms with van der Waals surface area (Å²) in [6, 6.07) is 0. The number of phosphoric ester groups is 1. The predicted octanol–water partition coefficient (Wildman–Crippen LogP) is 10.6. The molecule has 9 heteroatoms. The van der Waals surface area contributed by atoms with Gasteiger partial charge < -0.3 is 19.3 Å². The molecule has 0 saturated heterocycles. The first-order chi connectivity index (χ1) is 22.8. The zero-order valence-corrected chi connectivity index (χ0v) is 30.3. The predicted molar refractivity (Wildman–Crippen MR) is 193 cm³/mol. The van der Waals surface area contributed by atoms with Crippen molar-refractivity contribution in [2.24, 2.45) is 0 Å². The van der Waals surface area contributed by atoms with Crippen LogP contribution in [-0.2, 0) is 28.2 Å². The normalized spacial score (nSPS) is 13.2. The molecule has 0 aromatic heterocycles. The molecule has 270 valence electrons. The quantitative estimate of drug-likeness (QED) is 0.0312. The van der Waals surface area contributed by atoms with Crippen LogP contribution in [0.1, 0.15) is 149 Å². The van der Waals surface area contributed by atoms with E-state index < -0.39 is 32.5 Å². The average Bonchev–Trinajstić information content (AvgIpc) is 3.03. The number of hydrogen-bond donors (Lipinski definition) is 2. The van der Waals surface area contributed by atoms with Crippen LogP contribution in [0.5, 0.6) is 0 Å². The van der Waals surface area contributed by atoms with E-state index in [0.717, 1.165) is 19.3 Å². The standard InChI is InChI=1S/C38H65O8P/c1-3-5-7-9-11-13-15-17-18-19-21-22-24-26-28-30-32-37(39)44-34-36(35-45-47(41,42)43)46-38(40)33-31-29-27-25-23-20-16-14-12-10-8-6-4-2/h6,8,10,12,14,16,20,23,25,27,36H,3-5,7,9,11,13,15,17-19,21-22,24,26,28-35H2,1-2H3,(H2,41,42,43)/b8-6+,12-10+,16-14+,23-20+,27-25+. The van der Waals surface area contributed by atoms with E-state index in [1.807, 2.05) is 54.7 Å². The second kappa shape index (κ2) is 33.6. The lowest BCUT2D eigenvalue weighted by atomic mass is 10.0. The van der Waals surface area contributed by atoms with Gasteiger partial charge in [-0.3, -0.25) is 14.1 Å². The van der Waals surface area contributed by atoms with E-state index in [1.165, 1.54) is 83.5 Å².